The Labute approximate surface area is 153 Å². The molecule has 25 heavy (non-hydrogen) atoms. The molecule has 142 valence electrons. The van der Waals surface area contributed by atoms with Gasteiger partial charge in [-0.25, -0.2) is 0 Å². The number of hydrogen-bond acceptors (Lipinski definition) is 3. The van der Waals surface area contributed by atoms with Crippen molar-refractivity contribution in [2.24, 2.45) is 0 Å². The molecule has 1 fully saturated rings. The van der Waals surface area contributed by atoms with Crippen LogP contribution in [0.25, 0.3) is 0 Å². The number of aliphatic hydroxyl groups is 1. The molecule has 1 aliphatic rings. The highest BCUT2D eigenvalue weighted by molar-refractivity contribution is 5.19. The molecular weight excluding hydrogens is 312 g/mol. The first kappa shape index (κ1) is 20.4. The van der Waals surface area contributed by atoms with Crippen LogP contribution in [-0.2, 0) is 9.47 Å². The zero-order valence-corrected chi connectivity index (χ0v) is 15.9. The Morgan fingerprint density at radius 3 is 2.08 bits per heavy atom. The second-order valence-corrected chi connectivity index (χ2v) is 7.25. The molecular formula is C22H36O3. The molecule has 0 aromatic heterocycles. The molecule has 0 spiro atoms. The van der Waals surface area contributed by atoms with Crippen LogP contribution in [0.4, 0.5) is 0 Å². The fourth-order valence-electron chi connectivity index (χ4n) is 3.28. The largest absolute Gasteiger partial charge is 0.387 e. The van der Waals surface area contributed by atoms with Gasteiger partial charge in [0.1, 0.15) is 18.3 Å². The Balaban J connectivity index is 1.55. The van der Waals surface area contributed by atoms with Crippen molar-refractivity contribution in [3.05, 3.63) is 35.9 Å². The van der Waals surface area contributed by atoms with Crippen molar-refractivity contribution >= 4 is 0 Å². The number of aliphatic hydroxyl groups excluding tert-OH is 1. The number of unbranched alkanes of at least 4 members (excludes halogenated alkanes) is 9. The van der Waals surface area contributed by atoms with Crippen molar-refractivity contribution in [3.63, 3.8) is 0 Å². The first-order valence-electron chi connectivity index (χ1n) is 10.3. The van der Waals surface area contributed by atoms with Crippen molar-refractivity contribution < 1.29 is 14.6 Å². The molecule has 0 bridgehead atoms. The minimum atomic E-state index is -0.564. The summed E-state index contributed by atoms with van der Waals surface area (Å²) in [5, 5.41) is 10.4. The van der Waals surface area contributed by atoms with Crippen LogP contribution in [0.15, 0.2) is 30.3 Å². The van der Waals surface area contributed by atoms with E-state index in [0.717, 1.165) is 12.0 Å². The van der Waals surface area contributed by atoms with Gasteiger partial charge in [0.25, 0.3) is 0 Å². The molecule has 0 amide bonds. The molecule has 1 heterocycles. The lowest BCUT2D eigenvalue weighted by atomic mass is 10.0. The van der Waals surface area contributed by atoms with Gasteiger partial charge in [-0.2, -0.15) is 0 Å². The van der Waals surface area contributed by atoms with E-state index in [-0.39, 0.29) is 12.2 Å². The molecule has 3 heteroatoms. The van der Waals surface area contributed by atoms with E-state index in [4.69, 9.17) is 9.47 Å². The summed E-state index contributed by atoms with van der Waals surface area (Å²) in [7, 11) is 0. The first-order chi connectivity index (χ1) is 12.3. The van der Waals surface area contributed by atoms with Gasteiger partial charge in [-0.05, 0) is 12.0 Å². The van der Waals surface area contributed by atoms with Crippen LogP contribution >= 0.6 is 0 Å². The minimum absolute atomic E-state index is 0.0575. The SMILES string of the molecule is CCCCCCCCCCCCO[C@H](c1ccccc1)[C@@H](O)[C@H]1CO1. The van der Waals surface area contributed by atoms with Crippen molar-refractivity contribution in [2.75, 3.05) is 13.2 Å². The van der Waals surface area contributed by atoms with Gasteiger partial charge in [-0.3, -0.25) is 0 Å². The second-order valence-electron chi connectivity index (χ2n) is 7.25. The van der Waals surface area contributed by atoms with E-state index < -0.39 is 6.10 Å². The second kappa shape index (κ2) is 12.5. The molecule has 1 aromatic carbocycles. The molecule has 1 aliphatic heterocycles. The van der Waals surface area contributed by atoms with Crippen LogP contribution < -0.4 is 0 Å². The summed E-state index contributed by atoms with van der Waals surface area (Å²) in [6.45, 7) is 3.62. The van der Waals surface area contributed by atoms with E-state index in [1.54, 1.807) is 0 Å². The van der Waals surface area contributed by atoms with E-state index in [9.17, 15) is 5.11 Å². The Morgan fingerprint density at radius 1 is 0.960 bits per heavy atom. The van der Waals surface area contributed by atoms with Crippen LogP contribution in [0, 0.1) is 0 Å². The third kappa shape index (κ3) is 8.35. The third-order valence-corrected chi connectivity index (χ3v) is 4.97. The summed E-state index contributed by atoms with van der Waals surface area (Å²) in [5.41, 5.74) is 1.04. The van der Waals surface area contributed by atoms with Crippen molar-refractivity contribution in [1.29, 1.82) is 0 Å². The summed E-state index contributed by atoms with van der Waals surface area (Å²) in [6, 6.07) is 10.0. The van der Waals surface area contributed by atoms with Gasteiger partial charge < -0.3 is 14.6 Å². The van der Waals surface area contributed by atoms with E-state index in [2.05, 4.69) is 6.92 Å². The first-order valence-corrected chi connectivity index (χ1v) is 10.3. The van der Waals surface area contributed by atoms with Crippen LogP contribution in [0.3, 0.4) is 0 Å². The Hall–Kier alpha value is -0.900. The lowest BCUT2D eigenvalue weighted by molar-refractivity contribution is -0.0508. The van der Waals surface area contributed by atoms with Crippen LogP contribution in [0.2, 0.25) is 0 Å². The summed E-state index contributed by atoms with van der Waals surface area (Å²) in [5.74, 6) is 0. The number of hydrogen-bond donors (Lipinski definition) is 1. The highest BCUT2D eigenvalue weighted by Gasteiger charge is 2.38. The van der Waals surface area contributed by atoms with Gasteiger partial charge in [-0.1, -0.05) is 95.0 Å². The molecule has 1 aromatic rings. The average Bonchev–Trinajstić information content (AvgIpc) is 3.48. The van der Waals surface area contributed by atoms with E-state index in [1.807, 2.05) is 30.3 Å². The summed E-state index contributed by atoms with van der Waals surface area (Å²) in [4.78, 5) is 0. The van der Waals surface area contributed by atoms with E-state index in [1.165, 1.54) is 57.8 Å². The lowest BCUT2D eigenvalue weighted by Crippen LogP contribution is -2.27. The van der Waals surface area contributed by atoms with Gasteiger partial charge in [0.2, 0.25) is 0 Å². The summed E-state index contributed by atoms with van der Waals surface area (Å²) >= 11 is 0. The van der Waals surface area contributed by atoms with E-state index in [0.29, 0.717) is 13.2 Å². The van der Waals surface area contributed by atoms with Gasteiger partial charge in [0, 0.05) is 6.61 Å². The molecule has 0 radical (unpaired) electrons. The van der Waals surface area contributed by atoms with Crippen LogP contribution in [0.5, 0.6) is 0 Å². The maximum atomic E-state index is 10.4. The maximum absolute atomic E-state index is 10.4. The summed E-state index contributed by atoms with van der Waals surface area (Å²) < 4.78 is 11.3. The Morgan fingerprint density at radius 2 is 1.52 bits per heavy atom. The lowest BCUT2D eigenvalue weighted by Gasteiger charge is -2.22. The number of epoxide rings is 1. The third-order valence-electron chi connectivity index (χ3n) is 4.97. The Kier molecular flexibility index (Phi) is 10.2. The van der Waals surface area contributed by atoms with Gasteiger partial charge >= 0.3 is 0 Å². The normalized spacial score (nSPS) is 18.9. The minimum Gasteiger partial charge on any atom is -0.387 e. The predicted molar refractivity (Wildman–Crippen MR) is 103 cm³/mol. The highest BCUT2D eigenvalue weighted by Crippen LogP contribution is 2.29. The smallest absolute Gasteiger partial charge is 0.113 e. The zero-order chi connectivity index (χ0) is 17.7. The monoisotopic (exact) mass is 348 g/mol. The average molecular weight is 349 g/mol. The quantitative estimate of drug-likeness (QED) is 0.340. The fraction of sp³-hybridized carbons (Fsp3) is 0.727. The van der Waals surface area contributed by atoms with Crippen molar-refractivity contribution in [3.8, 4) is 0 Å². The molecule has 3 nitrogen and oxygen atoms in total. The van der Waals surface area contributed by atoms with Crippen LogP contribution in [0.1, 0.15) is 82.8 Å². The van der Waals surface area contributed by atoms with Gasteiger partial charge in [0.15, 0.2) is 0 Å². The zero-order valence-electron chi connectivity index (χ0n) is 15.9. The highest BCUT2D eigenvalue weighted by atomic mass is 16.6. The van der Waals surface area contributed by atoms with Crippen molar-refractivity contribution in [1.82, 2.24) is 0 Å². The topological polar surface area (TPSA) is 42.0 Å². The maximum Gasteiger partial charge on any atom is 0.113 e. The fourth-order valence-corrected chi connectivity index (χ4v) is 3.28. The van der Waals surface area contributed by atoms with Crippen LogP contribution in [-0.4, -0.2) is 30.5 Å². The number of rotatable bonds is 15. The molecule has 0 unspecified atom stereocenters. The molecule has 0 saturated carbocycles. The molecule has 1 saturated heterocycles. The molecule has 3 atom stereocenters. The van der Waals surface area contributed by atoms with Crippen molar-refractivity contribution in [2.45, 2.75) is 89.4 Å². The standard InChI is InChI=1S/C22H36O3/c1-2-3-4-5-6-7-8-9-10-14-17-24-22(21(23)20-18-25-20)19-15-12-11-13-16-19/h11-13,15-16,20-23H,2-10,14,17-18H2,1H3/t20-,21+,22-/m1/s1. The predicted octanol–water partition coefficient (Wildman–Crippen LogP) is 5.42. The Bertz CT molecular complexity index is 430. The molecule has 1 N–H and O–H groups in total. The van der Waals surface area contributed by atoms with Gasteiger partial charge in [0.05, 0.1) is 6.61 Å². The van der Waals surface area contributed by atoms with Gasteiger partial charge in [-0.15, -0.1) is 0 Å². The molecule has 0 aliphatic carbocycles. The summed E-state index contributed by atoms with van der Waals surface area (Å²) in [6.07, 6.45) is 12.3. The number of benzene rings is 1. The molecule has 2 rings (SSSR count). The number of ether oxygens (including phenoxy) is 2. The van der Waals surface area contributed by atoms with E-state index >= 15 is 0 Å².